The highest BCUT2D eigenvalue weighted by atomic mass is 32.2. The molecule has 0 radical (unpaired) electrons. The van der Waals surface area contributed by atoms with Crippen molar-refractivity contribution in [3.05, 3.63) is 59.2 Å². The van der Waals surface area contributed by atoms with Gasteiger partial charge in [-0.25, -0.2) is 0 Å². The van der Waals surface area contributed by atoms with Crippen LogP contribution in [-0.4, -0.2) is 24.2 Å². The third-order valence-electron chi connectivity index (χ3n) is 4.42. The molecule has 0 fully saturated rings. The van der Waals surface area contributed by atoms with E-state index in [-0.39, 0.29) is 18.3 Å². The van der Waals surface area contributed by atoms with Crippen molar-refractivity contribution in [1.29, 1.82) is 0 Å². The molecule has 2 rings (SSSR count). The minimum absolute atomic E-state index is 0.181. The van der Waals surface area contributed by atoms with Gasteiger partial charge in [0, 0.05) is 10.6 Å². The summed E-state index contributed by atoms with van der Waals surface area (Å²) in [6.07, 6.45) is 0.984. The largest absolute Gasteiger partial charge is 0.455 e. The summed E-state index contributed by atoms with van der Waals surface area (Å²) in [5, 5.41) is 2.85. The fourth-order valence-corrected chi connectivity index (χ4v) is 3.54. The molecule has 1 N–H and O–H groups in total. The first-order valence-corrected chi connectivity index (χ1v) is 10.1. The first-order valence-electron chi connectivity index (χ1n) is 9.15. The molecule has 0 bridgehead atoms. The van der Waals surface area contributed by atoms with Crippen LogP contribution in [-0.2, 0) is 14.3 Å². The number of carbonyl (C=O) groups excluding carboxylic acids is 2. The number of carbonyl (C=O) groups is 2. The Hall–Kier alpha value is -2.27. The second-order valence-corrected chi connectivity index (χ2v) is 7.68. The predicted octanol–water partition coefficient (Wildman–Crippen LogP) is 5.09. The molecule has 0 aliphatic heterocycles. The third kappa shape index (κ3) is 6.43. The Morgan fingerprint density at radius 2 is 1.89 bits per heavy atom. The second kappa shape index (κ2) is 10.2. The smallest absolute Gasteiger partial charge is 0.316 e. The molecule has 0 saturated heterocycles. The standard InChI is InChI=1S/C22H27NO3S/c1-5-16(3)18-8-6-7-9-19(18)23-21(24)13-26-22(25)14-27-20-11-10-15(2)12-17(20)4/h6-12,16H,5,13-14H2,1-4H3,(H,23,24)/t16-/m1/s1. The normalized spacial score (nSPS) is 11.7. The van der Waals surface area contributed by atoms with Gasteiger partial charge in [0.25, 0.3) is 5.91 Å². The number of thioether (sulfide) groups is 1. The number of para-hydroxylation sites is 1. The average molecular weight is 386 g/mol. The molecular weight excluding hydrogens is 358 g/mol. The van der Waals surface area contributed by atoms with E-state index in [9.17, 15) is 9.59 Å². The van der Waals surface area contributed by atoms with E-state index in [0.29, 0.717) is 5.92 Å². The highest BCUT2D eigenvalue weighted by molar-refractivity contribution is 8.00. The van der Waals surface area contributed by atoms with Crippen molar-refractivity contribution < 1.29 is 14.3 Å². The van der Waals surface area contributed by atoms with Gasteiger partial charge in [0.2, 0.25) is 0 Å². The summed E-state index contributed by atoms with van der Waals surface area (Å²) in [6, 6.07) is 13.8. The van der Waals surface area contributed by atoms with Crippen LogP contribution in [0.1, 0.15) is 42.9 Å². The van der Waals surface area contributed by atoms with Gasteiger partial charge in [0.15, 0.2) is 6.61 Å². The zero-order valence-electron chi connectivity index (χ0n) is 16.4. The Kier molecular flexibility index (Phi) is 7.92. The van der Waals surface area contributed by atoms with E-state index in [0.717, 1.165) is 28.1 Å². The number of hydrogen-bond acceptors (Lipinski definition) is 4. The molecule has 0 spiro atoms. The van der Waals surface area contributed by atoms with Gasteiger partial charge in [-0.3, -0.25) is 9.59 Å². The SMILES string of the molecule is CC[C@@H](C)c1ccccc1NC(=O)COC(=O)CSc1ccc(C)cc1C. The van der Waals surface area contributed by atoms with Gasteiger partial charge >= 0.3 is 5.97 Å². The van der Waals surface area contributed by atoms with E-state index in [1.165, 1.54) is 17.3 Å². The summed E-state index contributed by atoms with van der Waals surface area (Å²) < 4.78 is 5.12. The molecule has 4 nitrogen and oxygen atoms in total. The lowest BCUT2D eigenvalue weighted by atomic mass is 9.97. The summed E-state index contributed by atoms with van der Waals surface area (Å²) in [6.45, 7) is 8.01. The predicted molar refractivity (Wildman–Crippen MR) is 111 cm³/mol. The lowest BCUT2D eigenvalue weighted by Gasteiger charge is -2.15. The summed E-state index contributed by atoms with van der Waals surface area (Å²) in [7, 11) is 0. The number of esters is 1. The van der Waals surface area contributed by atoms with Crippen molar-refractivity contribution in [2.45, 2.75) is 44.9 Å². The van der Waals surface area contributed by atoms with Gasteiger partial charge in [-0.05, 0) is 49.4 Å². The fraction of sp³-hybridized carbons (Fsp3) is 0.364. The minimum atomic E-state index is -0.398. The molecule has 0 aromatic heterocycles. The Morgan fingerprint density at radius 1 is 1.15 bits per heavy atom. The second-order valence-electron chi connectivity index (χ2n) is 6.66. The van der Waals surface area contributed by atoms with Crippen molar-refractivity contribution in [2.75, 3.05) is 17.7 Å². The molecular formula is C22H27NO3S. The summed E-state index contributed by atoms with van der Waals surface area (Å²) >= 11 is 1.42. The van der Waals surface area contributed by atoms with Crippen molar-refractivity contribution in [2.24, 2.45) is 0 Å². The topological polar surface area (TPSA) is 55.4 Å². The molecule has 0 unspecified atom stereocenters. The van der Waals surface area contributed by atoms with Gasteiger partial charge < -0.3 is 10.1 Å². The van der Waals surface area contributed by atoms with Crippen molar-refractivity contribution in [3.8, 4) is 0 Å². The van der Waals surface area contributed by atoms with Crippen LogP contribution in [0.15, 0.2) is 47.4 Å². The lowest BCUT2D eigenvalue weighted by Crippen LogP contribution is -2.22. The van der Waals surface area contributed by atoms with E-state index in [2.05, 4.69) is 25.2 Å². The first-order chi connectivity index (χ1) is 12.9. The van der Waals surface area contributed by atoms with E-state index >= 15 is 0 Å². The van der Waals surface area contributed by atoms with Crippen molar-refractivity contribution >= 4 is 29.3 Å². The van der Waals surface area contributed by atoms with Crippen LogP contribution < -0.4 is 5.32 Å². The Bertz CT molecular complexity index is 804. The molecule has 0 saturated carbocycles. The highest BCUT2D eigenvalue weighted by Crippen LogP contribution is 2.26. The number of rotatable bonds is 8. The van der Waals surface area contributed by atoms with Crippen LogP contribution in [0.4, 0.5) is 5.69 Å². The van der Waals surface area contributed by atoms with Crippen LogP contribution in [0.5, 0.6) is 0 Å². The molecule has 27 heavy (non-hydrogen) atoms. The molecule has 2 aromatic rings. The quantitative estimate of drug-likeness (QED) is 0.508. The number of amides is 1. The molecule has 144 valence electrons. The van der Waals surface area contributed by atoms with Gasteiger partial charge in [-0.1, -0.05) is 49.7 Å². The summed E-state index contributed by atoms with van der Waals surface area (Å²) in [5.74, 6) is -0.195. The number of benzene rings is 2. The maximum absolute atomic E-state index is 12.2. The number of ether oxygens (including phenoxy) is 1. The number of anilines is 1. The number of hydrogen-bond donors (Lipinski definition) is 1. The fourth-order valence-electron chi connectivity index (χ4n) is 2.73. The van der Waals surface area contributed by atoms with Gasteiger partial charge in [-0.2, -0.15) is 0 Å². The van der Waals surface area contributed by atoms with E-state index < -0.39 is 5.97 Å². The van der Waals surface area contributed by atoms with Gasteiger partial charge in [0.05, 0.1) is 5.75 Å². The number of aryl methyl sites for hydroxylation is 2. The maximum Gasteiger partial charge on any atom is 0.316 e. The number of nitrogens with one attached hydrogen (secondary N) is 1. The summed E-state index contributed by atoms with van der Waals surface area (Å²) in [5.41, 5.74) is 4.18. The lowest BCUT2D eigenvalue weighted by molar-refractivity contribution is -0.144. The van der Waals surface area contributed by atoms with Crippen LogP contribution in [0.25, 0.3) is 0 Å². The summed E-state index contributed by atoms with van der Waals surface area (Å²) in [4.78, 5) is 25.1. The molecule has 2 aromatic carbocycles. The van der Waals surface area contributed by atoms with Crippen LogP contribution in [0.2, 0.25) is 0 Å². The van der Waals surface area contributed by atoms with Gasteiger partial charge in [-0.15, -0.1) is 11.8 Å². The first kappa shape index (κ1) is 21.0. The zero-order chi connectivity index (χ0) is 19.8. The van der Waals surface area contributed by atoms with E-state index in [4.69, 9.17) is 4.74 Å². The zero-order valence-corrected chi connectivity index (χ0v) is 17.2. The van der Waals surface area contributed by atoms with Crippen LogP contribution >= 0.6 is 11.8 Å². The van der Waals surface area contributed by atoms with Crippen LogP contribution in [0.3, 0.4) is 0 Å². The highest BCUT2D eigenvalue weighted by Gasteiger charge is 2.13. The molecule has 5 heteroatoms. The molecule has 1 amide bonds. The Balaban J connectivity index is 1.82. The molecule has 0 aliphatic rings. The van der Waals surface area contributed by atoms with Crippen molar-refractivity contribution in [1.82, 2.24) is 0 Å². The molecule has 0 aliphatic carbocycles. The Morgan fingerprint density at radius 3 is 2.59 bits per heavy atom. The van der Waals surface area contributed by atoms with Crippen LogP contribution in [0, 0.1) is 13.8 Å². The Labute approximate surface area is 165 Å². The third-order valence-corrected chi connectivity index (χ3v) is 5.57. The van der Waals surface area contributed by atoms with E-state index in [1.54, 1.807) is 0 Å². The minimum Gasteiger partial charge on any atom is -0.455 e. The average Bonchev–Trinajstić information content (AvgIpc) is 2.65. The monoisotopic (exact) mass is 385 g/mol. The van der Waals surface area contributed by atoms with Crippen molar-refractivity contribution in [3.63, 3.8) is 0 Å². The van der Waals surface area contributed by atoms with E-state index in [1.807, 2.05) is 50.2 Å². The molecule has 1 atom stereocenters. The maximum atomic E-state index is 12.2. The van der Waals surface area contributed by atoms with Gasteiger partial charge in [0.1, 0.15) is 0 Å². The molecule has 0 heterocycles.